The highest BCUT2D eigenvalue weighted by Crippen LogP contribution is 2.32. The molecule has 2 fully saturated rings. The fourth-order valence-electron chi connectivity index (χ4n) is 4.61. The van der Waals surface area contributed by atoms with Crippen molar-refractivity contribution < 1.29 is 0 Å². The Labute approximate surface area is 163 Å². The van der Waals surface area contributed by atoms with E-state index in [1.165, 1.54) is 12.8 Å². The molecule has 3 aromatic rings. The van der Waals surface area contributed by atoms with Gasteiger partial charge < -0.3 is 4.98 Å². The Morgan fingerprint density at radius 2 is 1.96 bits per heavy atom. The fourth-order valence-corrected chi connectivity index (χ4v) is 4.61. The molecule has 5 rings (SSSR count). The molecule has 1 aliphatic carbocycles. The van der Waals surface area contributed by atoms with Crippen LogP contribution in [0.2, 0.25) is 0 Å². The monoisotopic (exact) mass is 379 g/mol. The second kappa shape index (κ2) is 7.09. The van der Waals surface area contributed by atoms with Gasteiger partial charge in [-0.25, -0.2) is 19.6 Å². The number of nitrogens with one attached hydrogen (secondary N) is 1. The lowest BCUT2D eigenvalue weighted by atomic mass is 10.1. The van der Waals surface area contributed by atoms with E-state index in [9.17, 15) is 4.79 Å². The number of aromatic nitrogens is 6. The van der Waals surface area contributed by atoms with E-state index in [1.807, 2.05) is 10.7 Å². The van der Waals surface area contributed by atoms with Crippen LogP contribution >= 0.6 is 0 Å². The standard InChI is InChI=1S/C20H25N7O/c1-13(26-10-7-14(12-26)18-21-8-4-9-22-18)17-24-19-16(20(28)25-17)11-23-27(19)15-5-2-3-6-15/h4,8-9,11,13-15H,2-3,5-7,10,12H2,1H3,(H,24,25,28)/t13-,14?/m1/s1. The zero-order valence-corrected chi connectivity index (χ0v) is 16.1. The Bertz CT molecular complexity index is 1020. The van der Waals surface area contributed by atoms with Crippen LogP contribution in [-0.2, 0) is 0 Å². The van der Waals surface area contributed by atoms with Crippen molar-refractivity contribution in [2.24, 2.45) is 0 Å². The van der Waals surface area contributed by atoms with Gasteiger partial charge in [0.25, 0.3) is 5.56 Å². The topological polar surface area (TPSA) is 92.6 Å². The molecule has 0 spiro atoms. The molecule has 146 valence electrons. The minimum absolute atomic E-state index is 0.0257. The van der Waals surface area contributed by atoms with E-state index in [4.69, 9.17) is 4.98 Å². The summed E-state index contributed by atoms with van der Waals surface area (Å²) in [5, 5.41) is 5.08. The largest absolute Gasteiger partial charge is 0.309 e. The molecule has 4 heterocycles. The highest BCUT2D eigenvalue weighted by molar-refractivity contribution is 5.73. The lowest BCUT2D eigenvalue weighted by Crippen LogP contribution is -2.28. The second-order valence-corrected chi connectivity index (χ2v) is 7.98. The molecule has 3 aromatic heterocycles. The van der Waals surface area contributed by atoms with Gasteiger partial charge in [0.05, 0.1) is 18.3 Å². The molecule has 2 aliphatic rings. The highest BCUT2D eigenvalue weighted by atomic mass is 16.1. The Hall–Kier alpha value is -2.61. The van der Waals surface area contributed by atoms with Crippen molar-refractivity contribution in [2.75, 3.05) is 13.1 Å². The van der Waals surface area contributed by atoms with Crippen molar-refractivity contribution in [1.29, 1.82) is 0 Å². The third-order valence-electron chi connectivity index (χ3n) is 6.27. The molecule has 1 aliphatic heterocycles. The predicted octanol–water partition coefficient (Wildman–Crippen LogP) is 2.58. The maximum Gasteiger partial charge on any atom is 0.262 e. The number of rotatable bonds is 4. The summed E-state index contributed by atoms with van der Waals surface area (Å²) in [5.74, 6) is 1.93. The number of nitrogens with zero attached hydrogens (tertiary/aromatic N) is 6. The summed E-state index contributed by atoms with van der Waals surface area (Å²) in [4.78, 5) is 31.7. The normalized spacial score (nSPS) is 22.2. The molecule has 0 bridgehead atoms. The van der Waals surface area contributed by atoms with Crippen molar-refractivity contribution in [3.8, 4) is 0 Å². The molecule has 1 saturated heterocycles. The van der Waals surface area contributed by atoms with Gasteiger partial charge in [0.1, 0.15) is 17.0 Å². The predicted molar refractivity (Wildman–Crippen MR) is 105 cm³/mol. The zero-order valence-electron chi connectivity index (χ0n) is 16.1. The zero-order chi connectivity index (χ0) is 19.1. The molecule has 2 atom stereocenters. The average molecular weight is 379 g/mol. The van der Waals surface area contributed by atoms with E-state index in [1.54, 1.807) is 18.6 Å². The van der Waals surface area contributed by atoms with Crippen LogP contribution in [0.15, 0.2) is 29.5 Å². The van der Waals surface area contributed by atoms with Gasteiger partial charge >= 0.3 is 0 Å². The van der Waals surface area contributed by atoms with Crippen LogP contribution < -0.4 is 5.56 Å². The molecule has 8 heteroatoms. The fraction of sp³-hybridized carbons (Fsp3) is 0.550. The molecule has 28 heavy (non-hydrogen) atoms. The molecule has 0 aromatic carbocycles. The van der Waals surface area contributed by atoms with E-state index in [0.717, 1.165) is 43.8 Å². The van der Waals surface area contributed by atoms with E-state index >= 15 is 0 Å². The summed E-state index contributed by atoms with van der Waals surface area (Å²) in [7, 11) is 0. The number of H-pyrrole nitrogens is 1. The van der Waals surface area contributed by atoms with Gasteiger partial charge in [0.15, 0.2) is 5.65 Å². The van der Waals surface area contributed by atoms with Gasteiger partial charge in [0, 0.05) is 24.9 Å². The van der Waals surface area contributed by atoms with E-state index in [-0.39, 0.29) is 11.6 Å². The minimum Gasteiger partial charge on any atom is -0.309 e. The quantitative estimate of drug-likeness (QED) is 0.749. The van der Waals surface area contributed by atoms with Crippen LogP contribution in [0, 0.1) is 0 Å². The first-order chi connectivity index (χ1) is 13.7. The van der Waals surface area contributed by atoms with Crippen LogP contribution in [0.1, 0.15) is 68.7 Å². The Balaban J connectivity index is 1.42. The van der Waals surface area contributed by atoms with Crippen LogP contribution in [0.5, 0.6) is 0 Å². The Morgan fingerprint density at radius 1 is 1.18 bits per heavy atom. The first-order valence-corrected chi connectivity index (χ1v) is 10.2. The lowest BCUT2D eigenvalue weighted by Gasteiger charge is -2.23. The molecular weight excluding hydrogens is 354 g/mol. The summed E-state index contributed by atoms with van der Waals surface area (Å²) >= 11 is 0. The summed E-state index contributed by atoms with van der Waals surface area (Å²) < 4.78 is 1.97. The van der Waals surface area contributed by atoms with Crippen molar-refractivity contribution in [2.45, 2.75) is 57.0 Å². The highest BCUT2D eigenvalue weighted by Gasteiger charge is 2.31. The van der Waals surface area contributed by atoms with E-state index < -0.39 is 0 Å². The summed E-state index contributed by atoms with van der Waals surface area (Å²) in [6.45, 7) is 3.91. The molecule has 1 N–H and O–H groups in total. The van der Waals surface area contributed by atoms with Crippen LogP contribution in [0.4, 0.5) is 0 Å². The SMILES string of the molecule is C[C@H](c1nc2c(cnn2C2CCCC2)c(=O)[nH]1)N1CCC(c2ncccn2)C1. The Morgan fingerprint density at radius 3 is 2.75 bits per heavy atom. The maximum absolute atomic E-state index is 12.6. The first kappa shape index (κ1) is 17.5. The molecule has 1 saturated carbocycles. The van der Waals surface area contributed by atoms with Crippen molar-refractivity contribution in [1.82, 2.24) is 34.6 Å². The third-order valence-corrected chi connectivity index (χ3v) is 6.27. The van der Waals surface area contributed by atoms with Gasteiger partial charge in [-0.1, -0.05) is 12.8 Å². The van der Waals surface area contributed by atoms with Crippen LogP contribution in [0.25, 0.3) is 11.0 Å². The van der Waals surface area contributed by atoms with Gasteiger partial charge in [-0.05, 0) is 38.8 Å². The smallest absolute Gasteiger partial charge is 0.262 e. The summed E-state index contributed by atoms with van der Waals surface area (Å²) in [5.41, 5.74) is 0.623. The van der Waals surface area contributed by atoms with Gasteiger partial charge in [-0.15, -0.1) is 0 Å². The summed E-state index contributed by atoms with van der Waals surface area (Å²) in [6, 6.07) is 2.23. The van der Waals surface area contributed by atoms with Crippen LogP contribution in [0.3, 0.4) is 0 Å². The Kier molecular flexibility index (Phi) is 4.43. The molecular formula is C20H25N7O. The van der Waals surface area contributed by atoms with Gasteiger partial charge in [-0.3, -0.25) is 9.69 Å². The third kappa shape index (κ3) is 3.01. The molecule has 0 radical (unpaired) electrons. The molecule has 0 amide bonds. The number of hydrogen-bond donors (Lipinski definition) is 1. The van der Waals surface area contributed by atoms with Crippen molar-refractivity contribution in [3.63, 3.8) is 0 Å². The lowest BCUT2D eigenvalue weighted by molar-refractivity contribution is 0.249. The van der Waals surface area contributed by atoms with Gasteiger partial charge in [0.2, 0.25) is 0 Å². The van der Waals surface area contributed by atoms with Crippen LogP contribution in [-0.4, -0.2) is 47.7 Å². The number of likely N-dealkylation sites (tertiary alicyclic amines) is 1. The maximum atomic E-state index is 12.6. The van der Waals surface area contributed by atoms with Gasteiger partial charge in [-0.2, -0.15) is 5.10 Å². The van der Waals surface area contributed by atoms with Crippen molar-refractivity contribution in [3.05, 3.63) is 46.7 Å². The first-order valence-electron chi connectivity index (χ1n) is 10.2. The average Bonchev–Trinajstić information content (AvgIpc) is 3.47. The number of aromatic amines is 1. The van der Waals surface area contributed by atoms with Crippen molar-refractivity contribution >= 4 is 11.0 Å². The van der Waals surface area contributed by atoms with E-state index in [2.05, 4.69) is 31.9 Å². The summed E-state index contributed by atoms with van der Waals surface area (Å²) in [6.07, 6.45) is 10.9. The molecule has 1 unspecified atom stereocenters. The number of hydrogen-bond acceptors (Lipinski definition) is 6. The second-order valence-electron chi connectivity index (χ2n) is 7.98. The van der Waals surface area contributed by atoms with E-state index in [0.29, 0.717) is 23.2 Å². The molecule has 8 nitrogen and oxygen atoms in total. The number of fused-ring (bicyclic) bond motifs is 1. The minimum atomic E-state index is -0.0989.